The van der Waals surface area contributed by atoms with Crippen molar-refractivity contribution in [1.29, 1.82) is 0 Å². The summed E-state index contributed by atoms with van der Waals surface area (Å²) < 4.78 is 0.979. The second-order valence-electron chi connectivity index (χ2n) is 4.08. The number of rotatable bonds is 6. The molecule has 0 aliphatic carbocycles. The van der Waals surface area contributed by atoms with Crippen molar-refractivity contribution in [3.05, 3.63) is 28.2 Å². The average Bonchev–Trinajstić information content (AvgIpc) is 2.29. The lowest BCUT2D eigenvalue weighted by Gasteiger charge is -2.20. The van der Waals surface area contributed by atoms with Crippen LogP contribution in [0, 0.1) is 0 Å². The van der Waals surface area contributed by atoms with Crippen LogP contribution < -0.4 is 5.73 Å². The van der Waals surface area contributed by atoms with Crippen molar-refractivity contribution in [2.45, 2.75) is 33.2 Å². The molecule has 0 aliphatic heterocycles. The van der Waals surface area contributed by atoms with Crippen molar-refractivity contribution in [3.63, 3.8) is 0 Å². The molecule has 90 valence electrons. The molecule has 1 rings (SSSR count). The Kier molecular flexibility index (Phi) is 5.85. The van der Waals surface area contributed by atoms with Crippen LogP contribution in [0.1, 0.15) is 32.3 Å². The maximum atomic E-state index is 5.87. The summed E-state index contributed by atoms with van der Waals surface area (Å²) in [6, 6.07) is 6.21. The number of nitrogens with two attached hydrogens (primary N) is 1. The van der Waals surface area contributed by atoms with Crippen molar-refractivity contribution in [1.82, 2.24) is 4.90 Å². The molecular formula is C13H21BrN2. The number of nitrogens with zero attached hydrogens (tertiary/aromatic N) is 1. The van der Waals surface area contributed by atoms with Gasteiger partial charge in [-0.05, 0) is 53.1 Å². The zero-order valence-corrected chi connectivity index (χ0v) is 11.8. The summed E-state index contributed by atoms with van der Waals surface area (Å²) in [4.78, 5) is 2.45. The number of benzene rings is 1. The highest BCUT2D eigenvalue weighted by atomic mass is 79.9. The molecule has 0 unspecified atom stereocenters. The van der Waals surface area contributed by atoms with Crippen LogP contribution in [0.2, 0.25) is 0 Å². The largest absolute Gasteiger partial charge is 0.398 e. The van der Waals surface area contributed by atoms with Crippen molar-refractivity contribution in [3.8, 4) is 0 Å². The molecule has 1 aromatic carbocycles. The van der Waals surface area contributed by atoms with E-state index in [0.717, 1.165) is 23.2 Å². The van der Waals surface area contributed by atoms with Gasteiger partial charge in [-0.25, -0.2) is 0 Å². The fourth-order valence-electron chi connectivity index (χ4n) is 1.68. The molecule has 0 saturated carbocycles. The van der Waals surface area contributed by atoms with Gasteiger partial charge in [-0.1, -0.05) is 26.3 Å². The molecule has 0 heterocycles. The van der Waals surface area contributed by atoms with Crippen LogP contribution in [0.3, 0.4) is 0 Å². The van der Waals surface area contributed by atoms with Gasteiger partial charge < -0.3 is 5.73 Å². The highest BCUT2D eigenvalue weighted by molar-refractivity contribution is 9.10. The third kappa shape index (κ3) is 4.14. The van der Waals surface area contributed by atoms with Crippen molar-refractivity contribution < 1.29 is 0 Å². The molecule has 0 saturated heterocycles. The molecule has 0 amide bonds. The Morgan fingerprint density at radius 3 is 2.62 bits per heavy atom. The fraction of sp³-hybridized carbons (Fsp3) is 0.538. The van der Waals surface area contributed by atoms with Crippen LogP contribution >= 0.6 is 15.9 Å². The molecule has 16 heavy (non-hydrogen) atoms. The first-order valence-corrected chi connectivity index (χ1v) is 6.73. The molecule has 0 aliphatic rings. The quantitative estimate of drug-likeness (QED) is 0.808. The minimum atomic E-state index is 0.823. The highest BCUT2D eigenvalue weighted by Crippen LogP contribution is 2.21. The minimum absolute atomic E-state index is 0.823. The van der Waals surface area contributed by atoms with E-state index >= 15 is 0 Å². The predicted molar refractivity (Wildman–Crippen MR) is 74.4 cm³/mol. The zero-order chi connectivity index (χ0) is 12.0. The predicted octanol–water partition coefficient (Wildman–Crippen LogP) is 3.65. The van der Waals surface area contributed by atoms with E-state index in [0.29, 0.717) is 0 Å². The van der Waals surface area contributed by atoms with Gasteiger partial charge >= 0.3 is 0 Å². The molecule has 0 fully saturated rings. The van der Waals surface area contributed by atoms with Gasteiger partial charge in [0, 0.05) is 16.7 Å². The first-order chi connectivity index (χ1) is 7.67. The number of hydrogen-bond acceptors (Lipinski definition) is 2. The summed E-state index contributed by atoms with van der Waals surface area (Å²) in [5.41, 5.74) is 7.99. The summed E-state index contributed by atoms with van der Waals surface area (Å²) in [6.45, 7) is 7.69. The number of nitrogen functional groups attached to an aromatic ring is 1. The third-order valence-corrected chi connectivity index (χ3v) is 3.46. The standard InChI is InChI=1S/C13H21BrN2/c1-3-5-8-16(4-2)10-11-6-7-12(14)13(15)9-11/h6-7,9H,3-5,8,10,15H2,1-2H3. The number of halogens is 1. The third-order valence-electron chi connectivity index (χ3n) is 2.74. The van der Waals surface area contributed by atoms with Crippen LogP contribution in [0.25, 0.3) is 0 Å². The summed E-state index contributed by atoms with van der Waals surface area (Å²) in [5.74, 6) is 0. The highest BCUT2D eigenvalue weighted by Gasteiger charge is 2.04. The van der Waals surface area contributed by atoms with Crippen LogP contribution in [0.5, 0.6) is 0 Å². The van der Waals surface area contributed by atoms with Gasteiger partial charge in [-0.15, -0.1) is 0 Å². The van der Waals surface area contributed by atoms with Gasteiger partial charge in [-0.2, -0.15) is 0 Å². The van der Waals surface area contributed by atoms with Gasteiger partial charge in [0.1, 0.15) is 0 Å². The van der Waals surface area contributed by atoms with Gasteiger partial charge in [-0.3, -0.25) is 4.90 Å². The van der Waals surface area contributed by atoms with Crippen LogP contribution in [-0.2, 0) is 6.54 Å². The maximum Gasteiger partial charge on any atom is 0.0461 e. The molecule has 2 nitrogen and oxygen atoms in total. The summed E-state index contributed by atoms with van der Waals surface area (Å²) in [6.07, 6.45) is 2.51. The number of unbranched alkanes of at least 4 members (excludes halogenated alkanes) is 1. The normalized spacial score (nSPS) is 11.0. The lowest BCUT2D eigenvalue weighted by atomic mass is 10.2. The van der Waals surface area contributed by atoms with Crippen molar-refractivity contribution in [2.24, 2.45) is 0 Å². The van der Waals surface area contributed by atoms with E-state index < -0.39 is 0 Å². The lowest BCUT2D eigenvalue weighted by Crippen LogP contribution is -2.23. The monoisotopic (exact) mass is 284 g/mol. The first kappa shape index (κ1) is 13.5. The van der Waals surface area contributed by atoms with Gasteiger partial charge in [0.05, 0.1) is 0 Å². The Labute approximate surface area is 107 Å². The summed E-state index contributed by atoms with van der Waals surface area (Å²) >= 11 is 3.42. The molecule has 0 atom stereocenters. The van der Waals surface area contributed by atoms with E-state index in [2.05, 4.69) is 46.8 Å². The first-order valence-electron chi connectivity index (χ1n) is 5.93. The Bertz CT molecular complexity index is 326. The summed E-state index contributed by atoms with van der Waals surface area (Å²) in [5, 5.41) is 0. The van der Waals surface area contributed by atoms with E-state index in [9.17, 15) is 0 Å². The number of hydrogen-bond donors (Lipinski definition) is 1. The van der Waals surface area contributed by atoms with Crippen LogP contribution in [-0.4, -0.2) is 18.0 Å². The molecule has 1 aromatic rings. The van der Waals surface area contributed by atoms with Crippen LogP contribution in [0.15, 0.2) is 22.7 Å². The Morgan fingerprint density at radius 1 is 1.31 bits per heavy atom. The zero-order valence-electron chi connectivity index (χ0n) is 10.2. The fourth-order valence-corrected chi connectivity index (χ4v) is 1.93. The van der Waals surface area contributed by atoms with E-state index in [1.54, 1.807) is 0 Å². The average molecular weight is 285 g/mol. The van der Waals surface area contributed by atoms with E-state index in [1.807, 2.05) is 6.07 Å². The molecule has 0 aromatic heterocycles. The minimum Gasteiger partial charge on any atom is -0.398 e. The van der Waals surface area contributed by atoms with E-state index in [4.69, 9.17) is 5.73 Å². The maximum absolute atomic E-state index is 5.87. The Hall–Kier alpha value is -0.540. The molecule has 0 spiro atoms. The van der Waals surface area contributed by atoms with Gasteiger partial charge in [0.2, 0.25) is 0 Å². The Morgan fingerprint density at radius 2 is 2.06 bits per heavy atom. The molecular weight excluding hydrogens is 264 g/mol. The van der Waals surface area contributed by atoms with E-state index in [1.165, 1.54) is 24.9 Å². The second kappa shape index (κ2) is 6.92. The van der Waals surface area contributed by atoms with Crippen molar-refractivity contribution >= 4 is 21.6 Å². The van der Waals surface area contributed by atoms with E-state index in [-0.39, 0.29) is 0 Å². The van der Waals surface area contributed by atoms with Crippen molar-refractivity contribution in [2.75, 3.05) is 18.8 Å². The molecule has 2 N–H and O–H groups in total. The second-order valence-corrected chi connectivity index (χ2v) is 4.93. The molecule has 3 heteroatoms. The summed E-state index contributed by atoms with van der Waals surface area (Å²) in [7, 11) is 0. The lowest BCUT2D eigenvalue weighted by molar-refractivity contribution is 0.275. The SMILES string of the molecule is CCCCN(CC)Cc1ccc(Br)c(N)c1. The molecule has 0 radical (unpaired) electrons. The topological polar surface area (TPSA) is 29.3 Å². The molecule has 0 bridgehead atoms. The smallest absolute Gasteiger partial charge is 0.0461 e. The van der Waals surface area contributed by atoms with Gasteiger partial charge in [0.25, 0.3) is 0 Å². The number of anilines is 1. The van der Waals surface area contributed by atoms with Crippen LogP contribution in [0.4, 0.5) is 5.69 Å². The van der Waals surface area contributed by atoms with Gasteiger partial charge in [0.15, 0.2) is 0 Å². The Balaban J connectivity index is 2.59.